The number of hydrogen-bond donors (Lipinski definition) is 1. The molecule has 2 aromatic rings. The third-order valence-corrected chi connectivity index (χ3v) is 4.24. The highest BCUT2D eigenvalue weighted by Crippen LogP contribution is 2.30. The van der Waals surface area contributed by atoms with Crippen LogP contribution in [-0.4, -0.2) is 15.9 Å². The third kappa shape index (κ3) is 5.01. The van der Waals surface area contributed by atoms with Crippen molar-refractivity contribution in [3.05, 3.63) is 58.6 Å². The van der Waals surface area contributed by atoms with E-state index in [1.165, 1.54) is 12.1 Å². The fraction of sp³-hybridized carbons (Fsp3) is 0.133. The lowest BCUT2D eigenvalue weighted by Crippen LogP contribution is -2.20. The van der Waals surface area contributed by atoms with Crippen molar-refractivity contribution in [1.82, 2.24) is 0 Å². The molecule has 1 unspecified atom stereocenters. The lowest BCUT2D eigenvalue weighted by molar-refractivity contribution is -0.115. The molecule has 0 fully saturated rings. The van der Waals surface area contributed by atoms with E-state index in [1.807, 2.05) is 0 Å². The number of carbonyl (C=O) groups excluding carboxylic acids is 1. The van der Waals surface area contributed by atoms with E-state index in [0.29, 0.717) is 10.6 Å². The molecule has 0 aromatic heterocycles. The van der Waals surface area contributed by atoms with E-state index in [2.05, 4.69) is 0 Å². The molecule has 0 saturated heterocycles. The van der Waals surface area contributed by atoms with Crippen LogP contribution in [0.5, 0.6) is 11.5 Å². The van der Waals surface area contributed by atoms with E-state index in [-0.39, 0.29) is 23.0 Å². The number of carbonyl (C=O) groups is 1. The molecule has 0 spiro atoms. The molecule has 2 aromatic carbocycles. The number of nitrogens with two attached hydrogens (primary N) is 1. The zero-order valence-corrected chi connectivity index (χ0v) is 13.3. The molecule has 4 nitrogen and oxygen atoms in total. The van der Waals surface area contributed by atoms with Crippen molar-refractivity contribution < 1.29 is 22.5 Å². The van der Waals surface area contributed by atoms with Crippen molar-refractivity contribution in [3.63, 3.8) is 0 Å². The minimum absolute atomic E-state index is 0.0130. The van der Waals surface area contributed by atoms with Crippen molar-refractivity contribution in [1.29, 1.82) is 0 Å². The maximum absolute atomic E-state index is 13.2. The van der Waals surface area contributed by atoms with Gasteiger partial charge < -0.3 is 10.5 Å². The van der Waals surface area contributed by atoms with Crippen LogP contribution in [0, 0.1) is 11.6 Å². The third-order valence-electron chi connectivity index (χ3n) is 2.77. The molecular weight excluding hydrogens is 348 g/mol. The zero-order chi connectivity index (χ0) is 17.0. The molecule has 2 N–H and O–H groups in total. The lowest BCUT2D eigenvalue weighted by atomic mass is 10.2. The van der Waals surface area contributed by atoms with E-state index < -0.39 is 28.3 Å². The molecule has 0 aliphatic carbocycles. The molecule has 0 bridgehead atoms. The first-order chi connectivity index (χ1) is 10.8. The first-order valence-corrected chi connectivity index (χ1v) is 8.26. The van der Waals surface area contributed by atoms with Crippen LogP contribution in [0.25, 0.3) is 0 Å². The van der Waals surface area contributed by atoms with Gasteiger partial charge in [-0.3, -0.25) is 9.00 Å². The summed E-state index contributed by atoms with van der Waals surface area (Å²) in [7, 11) is -1.52. The first kappa shape index (κ1) is 17.4. The smallest absolute Gasteiger partial charge is 0.230 e. The first-order valence-electron chi connectivity index (χ1n) is 6.40. The Hall–Kier alpha value is -1.99. The van der Waals surface area contributed by atoms with Gasteiger partial charge in [-0.05, 0) is 24.3 Å². The Morgan fingerprint density at radius 2 is 1.91 bits per heavy atom. The van der Waals surface area contributed by atoms with Crippen LogP contribution in [0.1, 0.15) is 5.56 Å². The van der Waals surface area contributed by atoms with Gasteiger partial charge in [0.05, 0.1) is 5.75 Å². The molecule has 0 heterocycles. The highest BCUT2D eigenvalue weighted by atomic mass is 35.5. The van der Waals surface area contributed by atoms with E-state index in [1.54, 1.807) is 12.1 Å². The topological polar surface area (TPSA) is 69.4 Å². The van der Waals surface area contributed by atoms with Crippen molar-refractivity contribution >= 4 is 28.3 Å². The number of rotatable bonds is 6. The molecule has 8 heteroatoms. The second kappa shape index (κ2) is 7.52. The highest BCUT2D eigenvalue weighted by Gasteiger charge is 2.13. The summed E-state index contributed by atoms with van der Waals surface area (Å²) in [5, 5.41) is 0.354. The Kier molecular flexibility index (Phi) is 5.68. The Morgan fingerprint density at radius 3 is 2.57 bits per heavy atom. The van der Waals surface area contributed by atoms with Crippen molar-refractivity contribution in [2.45, 2.75) is 5.75 Å². The van der Waals surface area contributed by atoms with Crippen LogP contribution in [0.2, 0.25) is 5.02 Å². The van der Waals surface area contributed by atoms with E-state index in [0.717, 1.165) is 12.1 Å². The van der Waals surface area contributed by atoms with Gasteiger partial charge in [0.2, 0.25) is 5.91 Å². The molecule has 23 heavy (non-hydrogen) atoms. The predicted octanol–water partition coefficient (Wildman–Crippen LogP) is 3.14. The van der Waals surface area contributed by atoms with Gasteiger partial charge in [-0.15, -0.1) is 0 Å². The second-order valence-electron chi connectivity index (χ2n) is 4.62. The van der Waals surface area contributed by atoms with E-state index >= 15 is 0 Å². The van der Waals surface area contributed by atoms with Crippen LogP contribution in [0.3, 0.4) is 0 Å². The Bertz CT molecular complexity index is 770. The minimum atomic E-state index is -1.52. The Morgan fingerprint density at radius 1 is 1.17 bits per heavy atom. The normalized spacial score (nSPS) is 12.0. The van der Waals surface area contributed by atoms with Crippen molar-refractivity contribution in [3.8, 4) is 11.5 Å². The zero-order valence-electron chi connectivity index (χ0n) is 11.7. The largest absolute Gasteiger partial charge is 0.457 e. The summed E-state index contributed by atoms with van der Waals surface area (Å²) in [5.41, 5.74) is 5.50. The number of amides is 1. The monoisotopic (exact) mass is 359 g/mol. The van der Waals surface area contributed by atoms with Gasteiger partial charge >= 0.3 is 0 Å². The lowest BCUT2D eigenvalue weighted by Gasteiger charge is -2.12. The second-order valence-corrected chi connectivity index (χ2v) is 6.52. The van der Waals surface area contributed by atoms with Gasteiger partial charge in [0, 0.05) is 27.5 Å². The SMILES string of the molecule is NC(=O)CS(=O)Cc1ccc(Cl)cc1Oc1ccc(F)c(F)c1. The number of benzene rings is 2. The van der Waals surface area contributed by atoms with Gasteiger partial charge in [-0.1, -0.05) is 17.7 Å². The van der Waals surface area contributed by atoms with Crippen LogP contribution in [0.4, 0.5) is 8.78 Å². The maximum Gasteiger partial charge on any atom is 0.230 e. The summed E-state index contributed by atoms with van der Waals surface area (Å²) >= 11 is 5.90. The fourth-order valence-electron chi connectivity index (χ4n) is 1.79. The molecule has 0 saturated carbocycles. The van der Waals surface area contributed by atoms with Crippen molar-refractivity contribution in [2.75, 3.05) is 5.75 Å². The summed E-state index contributed by atoms with van der Waals surface area (Å²) in [4.78, 5) is 10.8. The van der Waals surface area contributed by atoms with Gasteiger partial charge in [0.15, 0.2) is 11.6 Å². The summed E-state index contributed by atoms with van der Waals surface area (Å²) in [6.45, 7) is 0. The average Bonchev–Trinajstić information content (AvgIpc) is 2.45. The molecular formula is C15H12ClF2NO3S. The van der Waals surface area contributed by atoms with Crippen LogP contribution in [0.15, 0.2) is 36.4 Å². The molecule has 1 atom stereocenters. The number of primary amides is 1. The molecule has 122 valence electrons. The number of hydrogen-bond acceptors (Lipinski definition) is 3. The summed E-state index contributed by atoms with van der Waals surface area (Å²) in [5.74, 6) is -2.70. The summed E-state index contributed by atoms with van der Waals surface area (Å²) in [6, 6.07) is 7.68. The van der Waals surface area contributed by atoms with Gasteiger partial charge in [0.25, 0.3) is 0 Å². The highest BCUT2D eigenvalue weighted by molar-refractivity contribution is 7.84. The van der Waals surface area contributed by atoms with Crippen LogP contribution >= 0.6 is 11.6 Å². The van der Waals surface area contributed by atoms with Crippen LogP contribution < -0.4 is 10.5 Å². The summed E-state index contributed by atoms with van der Waals surface area (Å²) in [6.07, 6.45) is 0. The Labute approximate surface area is 138 Å². The van der Waals surface area contributed by atoms with Crippen LogP contribution in [-0.2, 0) is 21.3 Å². The number of ether oxygens (including phenoxy) is 1. The standard InChI is InChI=1S/C15H12ClF2NO3S/c16-10-2-1-9(7-23(21)8-15(19)20)14(5-10)22-11-3-4-12(17)13(18)6-11/h1-6H,7-8H2,(H2,19,20). The number of halogens is 3. The Balaban J connectivity index is 2.26. The predicted molar refractivity (Wildman–Crippen MR) is 83.8 cm³/mol. The van der Waals surface area contributed by atoms with Crippen molar-refractivity contribution in [2.24, 2.45) is 5.73 Å². The molecule has 0 aliphatic rings. The van der Waals surface area contributed by atoms with Gasteiger partial charge in [-0.25, -0.2) is 8.78 Å². The average molecular weight is 360 g/mol. The van der Waals surface area contributed by atoms with Gasteiger partial charge in [0.1, 0.15) is 17.3 Å². The molecule has 0 radical (unpaired) electrons. The maximum atomic E-state index is 13.2. The minimum Gasteiger partial charge on any atom is -0.457 e. The summed E-state index contributed by atoms with van der Waals surface area (Å²) < 4.78 is 43.5. The van der Waals surface area contributed by atoms with E-state index in [4.69, 9.17) is 22.1 Å². The van der Waals surface area contributed by atoms with E-state index in [9.17, 15) is 17.8 Å². The molecule has 2 rings (SSSR count). The molecule has 1 amide bonds. The fourth-order valence-corrected chi connectivity index (χ4v) is 2.96. The van der Waals surface area contributed by atoms with Gasteiger partial charge in [-0.2, -0.15) is 0 Å². The molecule has 0 aliphatic heterocycles. The quantitative estimate of drug-likeness (QED) is 0.861.